The first-order chi connectivity index (χ1) is 22.5. The second kappa shape index (κ2) is 13.5. The molecule has 1 saturated heterocycles. The molecular weight excluding hydrogens is 647 g/mol. The third-order valence-electron chi connectivity index (χ3n) is 7.76. The molecule has 3 N–H and O–H groups in total. The number of carbonyl (C=O) groups excluding carboxylic acids is 3. The van der Waals surface area contributed by atoms with Gasteiger partial charge in [0.1, 0.15) is 30.3 Å². The summed E-state index contributed by atoms with van der Waals surface area (Å²) in [6, 6.07) is 12.3. The van der Waals surface area contributed by atoms with E-state index in [-0.39, 0.29) is 54.6 Å². The highest BCUT2D eigenvalue weighted by Crippen LogP contribution is 2.31. The highest BCUT2D eigenvalue weighted by Gasteiger charge is 2.42. The fourth-order valence-corrected chi connectivity index (χ4v) is 8.39. The number of nitrogens with one attached hydrogen (secondary N) is 3. The summed E-state index contributed by atoms with van der Waals surface area (Å²) in [6.07, 6.45) is 2.19. The molecule has 7 rings (SSSR count). The zero-order valence-electron chi connectivity index (χ0n) is 25.6. The Morgan fingerprint density at radius 3 is 2.62 bits per heavy atom. The van der Waals surface area contributed by atoms with Crippen molar-refractivity contribution in [1.29, 1.82) is 0 Å². The summed E-state index contributed by atoms with van der Waals surface area (Å²) in [5.41, 5.74) is 1.03. The third-order valence-corrected chi connectivity index (χ3v) is 10.8. The molecule has 0 unspecified atom stereocenters. The van der Waals surface area contributed by atoms with Crippen LogP contribution >= 0.6 is 11.3 Å². The minimum atomic E-state index is -3.88. The van der Waals surface area contributed by atoms with Gasteiger partial charge in [-0.15, -0.1) is 11.3 Å². The van der Waals surface area contributed by atoms with E-state index in [1.807, 2.05) is 6.92 Å². The van der Waals surface area contributed by atoms with Crippen LogP contribution in [0.25, 0.3) is 0 Å². The van der Waals surface area contributed by atoms with Gasteiger partial charge in [-0.3, -0.25) is 19.1 Å². The molecule has 1 fully saturated rings. The van der Waals surface area contributed by atoms with E-state index in [9.17, 15) is 22.8 Å². The number of fused-ring (bicyclic) bond motifs is 7. The Morgan fingerprint density at radius 1 is 1.09 bits per heavy atom. The number of carbonyl (C=O) groups is 3. The highest BCUT2D eigenvalue weighted by atomic mass is 32.2. The van der Waals surface area contributed by atoms with Crippen molar-refractivity contribution in [1.82, 2.24) is 35.0 Å². The normalized spacial score (nSPS) is 18.8. The molecule has 246 valence electrons. The van der Waals surface area contributed by atoms with Crippen molar-refractivity contribution in [2.24, 2.45) is 0 Å². The molecule has 0 saturated carbocycles. The van der Waals surface area contributed by atoms with Crippen LogP contribution in [0.2, 0.25) is 0 Å². The van der Waals surface area contributed by atoms with Crippen molar-refractivity contribution in [3.05, 3.63) is 87.6 Å². The predicted octanol–water partition coefficient (Wildman–Crippen LogP) is 1.65. The number of aryl methyl sites for hydroxylation is 2. The Labute approximate surface area is 275 Å². The zero-order valence-corrected chi connectivity index (χ0v) is 27.3. The number of ether oxygens (including phenoxy) is 2. The number of aromatic nitrogens is 3. The van der Waals surface area contributed by atoms with Gasteiger partial charge in [0.05, 0.1) is 24.0 Å². The van der Waals surface area contributed by atoms with Gasteiger partial charge >= 0.3 is 0 Å². The maximum atomic E-state index is 13.8. The maximum Gasteiger partial charge on any atom is 0.258 e. The second-order valence-corrected chi connectivity index (χ2v) is 14.6. The third kappa shape index (κ3) is 7.45. The average molecular weight is 680 g/mol. The molecular formula is C31H33N7O7S2. The van der Waals surface area contributed by atoms with Gasteiger partial charge in [0.2, 0.25) is 10.0 Å². The molecule has 4 aromatic rings. The summed E-state index contributed by atoms with van der Waals surface area (Å²) in [5.74, 6) is -0.825. The molecule has 5 heterocycles. The molecule has 0 spiro atoms. The summed E-state index contributed by atoms with van der Waals surface area (Å²) < 4.78 is 42.4. The first kappa shape index (κ1) is 32.2. The van der Waals surface area contributed by atoms with Gasteiger partial charge < -0.3 is 25.4 Å². The van der Waals surface area contributed by atoms with Crippen LogP contribution < -0.4 is 25.4 Å². The fraction of sp³-hybridized carbons (Fsp3) is 0.323. The number of hydrogen-bond donors (Lipinski definition) is 3. The Hall–Kier alpha value is -4.80. The van der Waals surface area contributed by atoms with Gasteiger partial charge in [-0.25, -0.2) is 13.4 Å². The summed E-state index contributed by atoms with van der Waals surface area (Å²) in [5, 5.41) is 12.5. The molecule has 0 aliphatic carbocycles. The van der Waals surface area contributed by atoms with Crippen molar-refractivity contribution >= 4 is 39.1 Å². The van der Waals surface area contributed by atoms with Gasteiger partial charge in [0.25, 0.3) is 17.7 Å². The lowest BCUT2D eigenvalue weighted by molar-refractivity contribution is -0.123. The van der Waals surface area contributed by atoms with Crippen LogP contribution in [0.4, 0.5) is 0 Å². The van der Waals surface area contributed by atoms with Gasteiger partial charge in [0.15, 0.2) is 6.61 Å². The average Bonchev–Trinajstić information content (AvgIpc) is 3.80. The molecule has 3 aliphatic rings. The lowest BCUT2D eigenvalue weighted by Crippen LogP contribution is -2.45. The van der Waals surface area contributed by atoms with E-state index in [1.165, 1.54) is 46.5 Å². The maximum absolute atomic E-state index is 13.8. The number of hydrogen-bond acceptors (Lipinski definition) is 10. The molecule has 14 nitrogen and oxygen atoms in total. The summed E-state index contributed by atoms with van der Waals surface area (Å²) in [4.78, 5) is 45.1. The fourth-order valence-electron chi connectivity index (χ4n) is 5.39. The topological polar surface area (TPSA) is 174 Å². The van der Waals surface area contributed by atoms with Crippen LogP contribution in [0.3, 0.4) is 0 Å². The molecule has 3 amide bonds. The first-order valence-corrected chi connectivity index (χ1v) is 17.1. The molecule has 3 aliphatic heterocycles. The van der Waals surface area contributed by atoms with Crippen LogP contribution in [0.15, 0.2) is 66.1 Å². The quantitative estimate of drug-likeness (QED) is 0.274. The van der Waals surface area contributed by atoms with Crippen LogP contribution in [0.5, 0.6) is 11.5 Å². The van der Waals surface area contributed by atoms with Gasteiger partial charge in [0, 0.05) is 40.5 Å². The summed E-state index contributed by atoms with van der Waals surface area (Å²) in [6.45, 7) is 4.10. The van der Waals surface area contributed by atoms with Crippen LogP contribution in [-0.2, 0) is 27.9 Å². The van der Waals surface area contributed by atoms with Crippen LogP contribution in [-0.4, -0.2) is 83.6 Å². The van der Waals surface area contributed by atoms with E-state index in [0.717, 1.165) is 10.4 Å². The standard InChI is InChI=1S/C31H33N7O7S2/c1-19-9-28(20(2)46-19)47(42,43)38-14-26-27(15-38)45-24-5-3-21(4-6-24)13-34-29(39)16-44-25-11-22(10-23(12-25)31(41)36-26)30(40)33-7-8-37-18-32-17-35-37/h3-6,9-12,17-18,26-27H,7-8,13-16H2,1-2H3,(H,33,40)(H,34,39)(H,36,41)/t26-,27-/m0/s1. The van der Waals surface area contributed by atoms with Gasteiger partial charge in [-0.05, 0) is 55.8 Å². The number of rotatable bonds is 6. The molecule has 0 radical (unpaired) electrons. The highest BCUT2D eigenvalue weighted by molar-refractivity contribution is 7.89. The second-order valence-electron chi connectivity index (χ2n) is 11.2. The van der Waals surface area contributed by atoms with E-state index in [4.69, 9.17) is 9.47 Å². The molecule has 2 aromatic heterocycles. The number of amides is 3. The Kier molecular flexibility index (Phi) is 9.24. The van der Waals surface area contributed by atoms with E-state index < -0.39 is 39.9 Å². The molecule has 2 aromatic carbocycles. The number of sulfonamides is 1. The summed E-state index contributed by atoms with van der Waals surface area (Å²) in [7, 11) is -3.88. The number of thiophene rings is 1. The van der Waals surface area contributed by atoms with Crippen LogP contribution in [0, 0.1) is 13.8 Å². The molecule has 4 bridgehead atoms. The predicted molar refractivity (Wildman–Crippen MR) is 171 cm³/mol. The van der Waals surface area contributed by atoms with E-state index in [0.29, 0.717) is 17.2 Å². The van der Waals surface area contributed by atoms with Crippen molar-refractivity contribution in [3.63, 3.8) is 0 Å². The van der Waals surface area contributed by atoms with Crippen LogP contribution in [0.1, 0.15) is 36.0 Å². The molecule has 47 heavy (non-hydrogen) atoms. The Morgan fingerprint density at radius 2 is 1.89 bits per heavy atom. The Balaban J connectivity index is 1.29. The van der Waals surface area contributed by atoms with Crippen molar-refractivity contribution in [2.45, 2.75) is 44.0 Å². The first-order valence-electron chi connectivity index (χ1n) is 14.8. The van der Waals surface area contributed by atoms with Crippen molar-refractivity contribution < 1.29 is 32.3 Å². The smallest absolute Gasteiger partial charge is 0.258 e. The minimum absolute atomic E-state index is 0.00199. The Bertz CT molecular complexity index is 1890. The van der Waals surface area contributed by atoms with Crippen molar-refractivity contribution in [2.75, 3.05) is 26.2 Å². The van der Waals surface area contributed by atoms with E-state index >= 15 is 0 Å². The molecule has 2 atom stereocenters. The van der Waals surface area contributed by atoms with Gasteiger partial charge in [-0.2, -0.15) is 9.40 Å². The van der Waals surface area contributed by atoms with E-state index in [2.05, 4.69) is 26.0 Å². The minimum Gasteiger partial charge on any atom is -0.487 e. The summed E-state index contributed by atoms with van der Waals surface area (Å²) >= 11 is 1.40. The van der Waals surface area contributed by atoms with E-state index in [1.54, 1.807) is 41.9 Å². The van der Waals surface area contributed by atoms with Gasteiger partial charge in [-0.1, -0.05) is 12.1 Å². The monoisotopic (exact) mass is 679 g/mol. The lowest BCUT2D eigenvalue weighted by atomic mass is 10.1. The molecule has 16 heteroatoms. The largest absolute Gasteiger partial charge is 0.487 e. The number of nitrogens with zero attached hydrogens (tertiary/aromatic N) is 4. The lowest BCUT2D eigenvalue weighted by Gasteiger charge is -2.21. The van der Waals surface area contributed by atoms with Crippen molar-refractivity contribution in [3.8, 4) is 11.5 Å². The zero-order chi connectivity index (χ0) is 33.1. The SMILES string of the molecule is Cc1cc(S(=O)(=O)N2C[C@@H]3NC(=O)c4cc(cc(C(=O)NCCn5cncn5)c4)OCC(=O)NCc4ccc(cc4)O[C@H]3C2)c(C)s1. The number of benzene rings is 2.